The predicted octanol–water partition coefficient (Wildman–Crippen LogP) is 8.99. The van der Waals surface area contributed by atoms with Gasteiger partial charge in [-0.15, -0.1) is 11.3 Å². The van der Waals surface area contributed by atoms with Gasteiger partial charge in [0.25, 0.3) is 0 Å². The van der Waals surface area contributed by atoms with Crippen molar-refractivity contribution in [2.24, 2.45) is 11.8 Å². The molecule has 1 N–H and O–H groups in total. The molecule has 6 atom stereocenters. The summed E-state index contributed by atoms with van der Waals surface area (Å²) in [5, 5.41) is 15.8. The molecule has 1 fully saturated rings. The number of aromatic nitrogens is 1. The lowest BCUT2D eigenvalue weighted by Gasteiger charge is -2.51. The summed E-state index contributed by atoms with van der Waals surface area (Å²) in [7, 11) is 0. The lowest BCUT2D eigenvalue weighted by molar-refractivity contribution is -0.233. The third-order valence-electron chi connectivity index (χ3n) is 9.87. The number of hydrogen-bond donors (Lipinski definition) is 1. The zero-order chi connectivity index (χ0) is 35.4. The van der Waals surface area contributed by atoms with Crippen molar-refractivity contribution in [2.75, 3.05) is 6.61 Å². The molecule has 6 nitrogen and oxygen atoms in total. The summed E-state index contributed by atoms with van der Waals surface area (Å²) in [5.41, 5.74) is 3.53. The van der Waals surface area contributed by atoms with Crippen molar-refractivity contribution in [3.63, 3.8) is 0 Å². The Morgan fingerprint density at radius 1 is 0.558 bits per heavy atom. The SMILES string of the molecule is O[C@](c1ccccc1)(c1nccs1)[C@@H]1C[C@H](COCc2ccccc2)[C@@H](OCc2ccccc2)[C@H](OCc2ccccc2)[C@H]1OCc1ccccc1. The maximum absolute atomic E-state index is 13.3. The highest BCUT2D eigenvalue weighted by atomic mass is 32.1. The van der Waals surface area contributed by atoms with Gasteiger partial charge in [-0.25, -0.2) is 4.98 Å². The molecule has 7 rings (SSSR count). The summed E-state index contributed by atoms with van der Waals surface area (Å²) >= 11 is 1.45. The highest BCUT2D eigenvalue weighted by molar-refractivity contribution is 7.09. The molecule has 0 unspecified atom stereocenters. The predicted molar refractivity (Wildman–Crippen MR) is 204 cm³/mol. The number of nitrogens with zero attached hydrogens (tertiary/aromatic N) is 1. The quantitative estimate of drug-likeness (QED) is 0.108. The first-order valence-corrected chi connectivity index (χ1v) is 18.8. The van der Waals surface area contributed by atoms with Crippen molar-refractivity contribution in [1.82, 2.24) is 4.98 Å². The molecule has 7 heteroatoms. The molecule has 1 heterocycles. The summed E-state index contributed by atoms with van der Waals surface area (Å²) in [5.74, 6) is -0.614. The Labute approximate surface area is 310 Å². The molecule has 1 aliphatic rings. The largest absolute Gasteiger partial charge is 0.377 e. The van der Waals surface area contributed by atoms with E-state index in [1.165, 1.54) is 11.3 Å². The van der Waals surface area contributed by atoms with Gasteiger partial charge in [0.15, 0.2) is 0 Å². The standard InChI is InChI=1S/C45H45NO5S/c47-45(44-46-26-27-52-44,39-24-14-5-15-25-39)40-28-38(33-48-29-34-16-6-1-7-17-34)41(49-30-35-18-8-2-9-19-35)43(51-32-37-22-12-4-13-23-37)42(40)50-31-36-20-10-3-11-21-36/h1-27,38,40-43,47H,28-33H2/t38-,40-,41-,42+,43+,45+/m1/s1. The second-order valence-electron chi connectivity index (χ2n) is 13.4. The molecule has 0 spiro atoms. The molecule has 52 heavy (non-hydrogen) atoms. The smallest absolute Gasteiger partial charge is 0.146 e. The van der Waals surface area contributed by atoms with E-state index in [-0.39, 0.29) is 5.92 Å². The molecule has 0 saturated heterocycles. The minimum absolute atomic E-state index is 0.148. The van der Waals surface area contributed by atoms with Crippen LogP contribution in [-0.2, 0) is 51.0 Å². The summed E-state index contributed by atoms with van der Waals surface area (Å²) in [4.78, 5) is 4.74. The fourth-order valence-electron chi connectivity index (χ4n) is 7.28. The van der Waals surface area contributed by atoms with Crippen molar-refractivity contribution >= 4 is 11.3 Å². The molecule has 0 radical (unpaired) electrons. The Morgan fingerprint density at radius 2 is 1.00 bits per heavy atom. The molecule has 5 aromatic carbocycles. The Morgan fingerprint density at radius 3 is 1.48 bits per heavy atom. The van der Waals surface area contributed by atoms with Crippen LogP contribution < -0.4 is 0 Å². The van der Waals surface area contributed by atoms with Crippen molar-refractivity contribution < 1.29 is 24.1 Å². The molecule has 1 aromatic heterocycles. The molecule has 1 saturated carbocycles. The van der Waals surface area contributed by atoms with E-state index < -0.39 is 29.8 Å². The minimum atomic E-state index is -1.48. The summed E-state index contributed by atoms with van der Waals surface area (Å²) < 4.78 is 27.5. The maximum atomic E-state index is 13.3. The summed E-state index contributed by atoms with van der Waals surface area (Å²) in [6.07, 6.45) is 0.750. The third-order valence-corrected chi connectivity index (χ3v) is 10.8. The van der Waals surface area contributed by atoms with Crippen LogP contribution in [0.15, 0.2) is 163 Å². The second-order valence-corrected chi connectivity index (χ2v) is 14.3. The number of thiazole rings is 1. The lowest BCUT2D eigenvalue weighted by atomic mass is 9.66. The van der Waals surface area contributed by atoms with Crippen molar-refractivity contribution in [3.05, 3.63) is 196 Å². The second kappa shape index (κ2) is 17.8. The van der Waals surface area contributed by atoms with Crippen LogP contribution in [0, 0.1) is 11.8 Å². The van der Waals surface area contributed by atoms with E-state index in [0.29, 0.717) is 44.5 Å². The Hall–Kier alpha value is -4.47. The zero-order valence-electron chi connectivity index (χ0n) is 29.2. The Kier molecular flexibility index (Phi) is 12.3. The Balaban J connectivity index is 1.31. The summed E-state index contributed by atoms with van der Waals surface area (Å²) in [6.45, 7) is 1.97. The maximum Gasteiger partial charge on any atom is 0.146 e. The van der Waals surface area contributed by atoms with Crippen LogP contribution in [0.25, 0.3) is 0 Å². The van der Waals surface area contributed by atoms with E-state index in [9.17, 15) is 5.11 Å². The monoisotopic (exact) mass is 711 g/mol. The van der Waals surface area contributed by atoms with E-state index in [1.54, 1.807) is 6.20 Å². The molecule has 0 amide bonds. The average Bonchev–Trinajstić information content (AvgIpc) is 3.77. The molecule has 0 bridgehead atoms. The van der Waals surface area contributed by atoms with Gasteiger partial charge >= 0.3 is 0 Å². The fraction of sp³-hybridized carbons (Fsp3) is 0.267. The fourth-order valence-corrected chi connectivity index (χ4v) is 8.11. The first-order chi connectivity index (χ1) is 25.7. The van der Waals surface area contributed by atoms with Gasteiger partial charge in [-0.05, 0) is 34.2 Å². The van der Waals surface area contributed by atoms with Gasteiger partial charge in [0.05, 0.1) is 45.2 Å². The van der Waals surface area contributed by atoms with E-state index in [0.717, 1.165) is 27.8 Å². The third kappa shape index (κ3) is 8.76. The van der Waals surface area contributed by atoms with Crippen LogP contribution in [0.1, 0.15) is 39.2 Å². The lowest BCUT2D eigenvalue weighted by Crippen LogP contribution is -2.60. The number of rotatable bonds is 16. The van der Waals surface area contributed by atoms with Gasteiger partial charge in [-0.1, -0.05) is 152 Å². The first kappa shape index (κ1) is 35.9. The molecule has 266 valence electrons. The summed E-state index contributed by atoms with van der Waals surface area (Å²) in [6, 6.07) is 50.6. The average molecular weight is 712 g/mol. The van der Waals surface area contributed by atoms with Crippen LogP contribution in [-0.4, -0.2) is 35.0 Å². The molecule has 1 aliphatic carbocycles. The van der Waals surface area contributed by atoms with Crippen molar-refractivity contribution in [1.29, 1.82) is 0 Å². The van der Waals surface area contributed by atoms with Gasteiger partial charge in [0, 0.05) is 23.4 Å². The van der Waals surface area contributed by atoms with E-state index >= 15 is 0 Å². The van der Waals surface area contributed by atoms with Crippen LogP contribution in [0.2, 0.25) is 0 Å². The van der Waals surface area contributed by atoms with E-state index in [4.69, 9.17) is 23.9 Å². The van der Waals surface area contributed by atoms with E-state index in [2.05, 4.69) is 48.5 Å². The molecule has 6 aromatic rings. The van der Waals surface area contributed by atoms with Crippen LogP contribution in [0.3, 0.4) is 0 Å². The van der Waals surface area contributed by atoms with Crippen molar-refractivity contribution in [3.8, 4) is 0 Å². The number of ether oxygens (including phenoxy) is 4. The van der Waals surface area contributed by atoms with Gasteiger partial charge < -0.3 is 24.1 Å². The van der Waals surface area contributed by atoms with Gasteiger partial charge in [-0.2, -0.15) is 0 Å². The minimum Gasteiger partial charge on any atom is -0.377 e. The normalized spacial score (nSPS) is 21.4. The highest BCUT2D eigenvalue weighted by Gasteiger charge is 2.56. The van der Waals surface area contributed by atoms with Gasteiger partial charge in [-0.3, -0.25) is 0 Å². The Bertz CT molecular complexity index is 1880. The zero-order valence-corrected chi connectivity index (χ0v) is 30.0. The van der Waals surface area contributed by atoms with E-state index in [1.807, 2.05) is 109 Å². The number of aliphatic hydroxyl groups is 1. The van der Waals surface area contributed by atoms with Crippen molar-refractivity contribution in [2.45, 2.75) is 56.8 Å². The number of benzene rings is 5. The molecular weight excluding hydrogens is 667 g/mol. The first-order valence-electron chi connectivity index (χ1n) is 17.9. The van der Waals surface area contributed by atoms with Gasteiger partial charge in [0.1, 0.15) is 16.7 Å². The molecule has 0 aliphatic heterocycles. The number of hydrogen-bond acceptors (Lipinski definition) is 7. The van der Waals surface area contributed by atoms with Crippen LogP contribution >= 0.6 is 11.3 Å². The van der Waals surface area contributed by atoms with Crippen LogP contribution in [0.5, 0.6) is 0 Å². The highest BCUT2D eigenvalue weighted by Crippen LogP contribution is 2.49. The topological polar surface area (TPSA) is 70.0 Å². The molecular formula is C45H45NO5S. The van der Waals surface area contributed by atoms with Crippen LogP contribution in [0.4, 0.5) is 0 Å². The van der Waals surface area contributed by atoms with Gasteiger partial charge in [0.2, 0.25) is 0 Å².